The lowest BCUT2D eigenvalue weighted by Gasteiger charge is -2.26. The van der Waals surface area contributed by atoms with E-state index in [1.807, 2.05) is 31.2 Å². The Bertz CT molecular complexity index is 364. The van der Waals surface area contributed by atoms with Crippen molar-refractivity contribution in [2.75, 3.05) is 6.54 Å². The molecule has 0 spiro atoms. The van der Waals surface area contributed by atoms with E-state index in [1.165, 1.54) is 0 Å². The minimum Gasteiger partial charge on any atom is -0.480 e. The number of carboxylic acid groups (broad SMARTS) is 1. The van der Waals surface area contributed by atoms with Crippen molar-refractivity contribution in [2.45, 2.75) is 25.8 Å². The smallest absolute Gasteiger partial charge is 0.328 e. The van der Waals surface area contributed by atoms with Crippen LogP contribution in [0.1, 0.15) is 25.8 Å². The Hall–Kier alpha value is -0.870. The normalized spacial score (nSPS) is 14.4. The van der Waals surface area contributed by atoms with Gasteiger partial charge in [-0.15, -0.1) is 0 Å². The molecule has 0 heterocycles. The lowest BCUT2D eigenvalue weighted by molar-refractivity contribution is -0.144. The molecule has 1 rings (SSSR count). The summed E-state index contributed by atoms with van der Waals surface area (Å²) >= 11 is 3.33. The fourth-order valence-corrected chi connectivity index (χ4v) is 1.72. The molecule has 0 fully saturated rings. The monoisotopic (exact) mass is 285 g/mol. The van der Waals surface area contributed by atoms with Crippen molar-refractivity contribution in [2.24, 2.45) is 0 Å². The van der Waals surface area contributed by atoms with Gasteiger partial charge in [0.25, 0.3) is 0 Å². The van der Waals surface area contributed by atoms with Crippen LogP contribution < -0.4 is 5.32 Å². The molecule has 1 atom stereocenters. The van der Waals surface area contributed by atoms with Crippen molar-refractivity contribution in [3.8, 4) is 0 Å². The third-order valence-electron chi connectivity index (χ3n) is 2.58. The molecule has 0 aliphatic heterocycles. The van der Waals surface area contributed by atoms with Crippen molar-refractivity contribution >= 4 is 21.9 Å². The van der Waals surface area contributed by atoms with E-state index in [9.17, 15) is 9.90 Å². The van der Waals surface area contributed by atoms with Gasteiger partial charge in [0, 0.05) is 4.47 Å². The van der Waals surface area contributed by atoms with Crippen LogP contribution in [-0.4, -0.2) is 17.6 Å². The third kappa shape index (κ3) is 2.83. The van der Waals surface area contributed by atoms with Crippen LogP contribution in [0.15, 0.2) is 28.7 Å². The van der Waals surface area contributed by atoms with Crippen LogP contribution in [-0.2, 0) is 10.3 Å². The molecule has 1 aromatic carbocycles. The molecule has 1 unspecified atom stereocenters. The van der Waals surface area contributed by atoms with Crippen LogP contribution in [0.5, 0.6) is 0 Å². The van der Waals surface area contributed by atoms with Crippen LogP contribution in [0.25, 0.3) is 0 Å². The molecule has 0 aromatic heterocycles. The average molecular weight is 286 g/mol. The minimum absolute atomic E-state index is 0.679. The molecule has 0 aliphatic rings. The molecule has 16 heavy (non-hydrogen) atoms. The van der Waals surface area contributed by atoms with Gasteiger partial charge >= 0.3 is 5.97 Å². The second kappa shape index (κ2) is 5.46. The molecule has 0 amide bonds. The number of benzene rings is 1. The number of carboxylic acids is 1. The van der Waals surface area contributed by atoms with Crippen molar-refractivity contribution in [1.29, 1.82) is 0 Å². The number of aliphatic carboxylic acids is 1. The Morgan fingerprint density at radius 1 is 1.44 bits per heavy atom. The Morgan fingerprint density at radius 2 is 2.00 bits per heavy atom. The van der Waals surface area contributed by atoms with Crippen molar-refractivity contribution in [1.82, 2.24) is 5.32 Å². The zero-order valence-electron chi connectivity index (χ0n) is 9.46. The Kier molecular flexibility index (Phi) is 4.50. The van der Waals surface area contributed by atoms with Gasteiger partial charge < -0.3 is 5.11 Å². The predicted molar refractivity (Wildman–Crippen MR) is 67.4 cm³/mol. The maximum Gasteiger partial charge on any atom is 0.328 e. The molecule has 0 bridgehead atoms. The number of hydrogen-bond donors (Lipinski definition) is 2. The molecule has 0 saturated heterocycles. The van der Waals surface area contributed by atoms with Gasteiger partial charge in [0.05, 0.1) is 0 Å². The standard InChI is InChI=1S/C12H16BrNO2/c1-3-8-14-12(2,11(15)16)9-4-6-10(13)7-5-9/h4-7,14H,3,8H2,1-2H3,(H,15,16). The van der Waals surface area contributed by atoms with Gasteiger partial charge in [0.1, 0.15) is 5.54 Å². The molecule has 1 aromatic rings. The van der Waals surface area contributed by atoms with Gasteiger partial charge in [-0.1, -0.05) is 35.0 Å². The predicted octanol–water partition coefficient (Wildman–Crippen LogP) is 2.75. The molecule has 0 radical (unpaired) electrons. The summed E-state index contributed by atoms with van der Waals surface area (Å²) in [5.41, 5.74) is -0.256. The molecule has 3 nitrogen and oxygen atoms in total. The quantitative estimate of drug-likeness (QED) is 0.875. The van der Waals surface area contributed by atoms with E-state index in [4.69, 9.17) is 0 Å². The van der Waals surface area contributed by atoms with E-state index in [2.05, 4.69) is 21.2 Å². The van der Waals surface area contributed by atoms with Gasteiger partial charge in [-0.3, -0.25) is 5.32 Å². The first-order chi connectivity index (χ1) is 7.50. The van der Waals surface area contributed by atoms with Crippen LogP contribution in [0.4, 0.5) is 0 Å². The highest BCUT2D eigenvalue weighted by atomic mass is 79.9. The van der Waals surface area contributed by atoms with Gasteiger partial charge in [-0.05, 0) is 37.6 Å². The summed E-state index contributed by atoms with van der Waals surface area (Å²) in [6.45, 7) is 4.38. The topological polar surface area (TPSA) is 49.3 Å². The largest absolute Gasteiger partial charge is 0.480 e. The van der Waals surface area contributed by atoms with Crippen LogP contribution in [0, 0.1) is 0 Å². The number of halogens is 1. The number of hydrogen-bond acceptors (Lipinski definition) is 2. The molecule has 2 N–H and O–H groups in total. The zero-order chi connectivity index (χ0) is 12.2. The Morgan fingerprint density at radius 3 is 2.44 bits per heavy atom. The van der Waals surface area contributed by atoms with E-state index in [1.54, 1.807) is 6.92 Å². The molecular weight excluding hydrogens is 270 g/mol. The van der Waals surface area contributed by atoms with Gasteiger partial charge in [-0.25, -0.2) is 4.79 Å². The number of nitrogens with one attached hydrogen (secondary N) is 1. The van der Waals surface area contributed by atoms with E-state index >= 15 is 0 Å². The highest BCUT2D eigenvalue weighted by molar-refractivity contribution is 9.10. The summed E-state index contributed by atoms with van der Waals surface area (Å²) in [6, 6.07) is 7.34. The summed E-state index contributed by atoms with van der Waals surface area (Å²) in [6.07, 6.45) is 0.902. The third-order valence-corrected chi connectivity index (χ3v) is 3.11. The van der Waals surface area contributed by atoms with Gasteiger partial charge in [0.15, 0.2) is 0 Å². The maximum atomic E-state index is 11.3. The molecule has 4 heteroatoms. The minimum atomic E-state index is -1.02. The number of carbonyl (C=O) groups is 1. The van der Waals surface area contributed by atoms with Crippen LogP contribution in [0.2, 0.25) is 0 Å². The summed E-state index contributed by atoms with van der Waals surface area (Å²) < 4.78 is 0.944. The van der Waals surface area contributed by atoms with E-state index < -0.39 is 11.5 Å². The molecule has 88 valence electrons. The first kappa shape index (κ1) is 13.2. The van der Waals surface area contributed by atoms with Crippen LogP contribution in [0.3, 0.4) is 0 Å². The fourth-order valence-electron chi connectivity index (χ4n) is 1.46. The first-order valence-corrected chi connectivity index (χ1v) is 6.04. The molecule has 0 saturated carbocycles. The summed E-state index contributed by atoms with van der Waals surface area (Å²) in [5.74, 6) is -0.858. The Balaban J connectivity index is 3.01. The van der Waals surface area contributed by atoms with Gasteiger partial charge in [-0.2, -0.15) is 0 Å². The first-order valence-electron chi connectivity index (χ1n) is 5.25. The van der Waals surface area contributed by atoms with Crippen molar-refractivity contribution < 1.29 is 9.90 Å². The Labute approximate surface area is 104 Å². The highest BCUT2D eigenvalue weighted by Crippen LogP contribution is 2.23. The number of rotatable bonds is 5. The highest BCUT2D eigenvalue weighted by Gasteiger charge is 2.34. The van der Waals surface area contributed by atoms with Gasteiger partial charge in [0.2, 0.25) is 0 Å². The van der Waals surface area contributed by atoms with Crippen LogP contribution >= 0.6 is 15.9 Å². The summed E-state index contributed by atoms with van der Waals surface area (Å²) in [7, 11) is 0. The van der Waals surface area contributed by atoms with Crippen molar-refractivity contribution in [3.63, 3.8) is 0 Å². The summed E-state index contributed by atoms with van der Waals surface area (Å²) in [4.78, 5) is 11.3. The molecular formula is C12H16BrNO2. The maximum absolute atomic E-state index is 11.3. The second-order valence-electron chi connectivity index (χ2n) is 3.86. The molecule has 0 aliphatic carbocycles. The lowest BCUT2D eigenvalue weighted by Crippen LogP contribution is -2.46. The van der Waals surface area contributed by atoms with E-state index in [-0.39, 0.29) is 0 Å². The van der Waals surface area contributed by atoms with E-state index in [0.717, 1.165) is 16.5 Å². The lowest BCUT2D eigenvalue weighted by atomic mass is 9.92. The fraction of sp³-hybridized carbons (Fsp3) is 0.417. The zero-order valence-corrected chi connectivity index (χ0v) is 11.0. The van der Waals surface area contributed by atoms with Crippen molar-refractivity contribution in [3.05, 3.63) is 34.3 Å². The van der Waals surface area contributed by atoms with E-state index in [0.29, 0.717) is 6.54 Å². The average Bonchev–Trinajstić information content (AvgIpc) is 2.26. The SMILES string of the molecule is CCCNC(C)(C(=O)O)c1ccc(Br)cc1. The summed E-state index contributed by atoms with van der Waals surface area (Å²) in [5, 5.41) is 12.4. The second-order valence-corrected chi connectivity index (χ2v) is 4.78.